The molecule has 0 bridgehead atoms. The Morgan fingerprint density at radius 2 is 2.35 bits per heavy atom. The Hall–Kier alpha value is -1.96. The van der Waals surface area contributed by atoms with Crippen LogP contribution in [0.3, 0.4) is 0 Å². The van der Waals surface area contributed by atoms with Crippen molar-refractivity contribution in [2.75, 3.05) is 17.2 Å². The van der Waals surface area contributed by atoms with Crippen LogP contribution in [0.25, 0.3) is 0 Å². The lowest BCUT2D eigenvalue weighted by Gasteiger charge is -1.96. The van der Waals surface area contributed by atoms with E-state index >= 15 is 0 Å². The molecule has 0 atom stereocenters. The number of hydrogen-bond acceptors (Lipinski definition) is 6. The van der Waals surface area contributed by atoms with Crippen molar-refractivity contribution in [1.82, 2.24) is 20.0 Å². The lowest BCUT2D eigenvalue weighted by Crippen LogP contribution is -2.10. The van der Waals surface area contributed by atoms with Crippen LogP contribution in [0.1, 0.15) is 16.7 Å². The Morgan fingerprint density at radius 3 is 3.00 bits per heavy atom. The van der Waals surface area contributed by atoms with Crippen LogP contribution >= 0.6 is 11.3 Å². The molecule has 0 aliphatic heterocycles. The van der Waals surface area contributed by atoms with E-state index in [-0.39, 0.29) is 5.91 Å². The fourth-order valence-electron chi connectivity index (χ4n) is 1.21. The number of hydrogen-bond donors (Lipinski definition) is 2. The van der Waals surface area contributed by atoms with Crippen molar-refractivity contribution in [2.24, 2.45) is 7.05 Å². The van der Waals surface area contributed by atoms with Crippen LogP contribution in [0, 0.1) is 0 Å². The molecule has 0 unspecified atom stereocenters. The molecule has 1 amide bonds. The van der Waals surface area contributed by atoms with Gasteiger partial charge in [-0.25, -0.2) is 0 Å². The molecule has 7 nitrogen and oxygen atoms in total. The second-order valence-electron chi connectivity index (χ2n) is 3.30. The van der Waals surface area contributed by atoms with Crippen LogP contribution in [0.5, 0.6) is 0 Å². The molecule has 0 aromatic carbocycles. The smallest absolute Gasteiger partial charge is 0.286 e. The van der Waals surface area contributed by atoms with E-state index in [4.69, 9.17) is 0 Å². The molecular weight excluding hydrogens is 240 g/mol. The number of nitrogens with zero attached hydrogens (tertiary/aromatic N) is 4. The third kappa shape index (κ3) is 2.78. The first kappa shape index (κ1) is 11.5. The van der Waals surface area contributed by atoms with Gasteiger partial charge < -0.3 is 10.6 Å². The third-order valence-corrected chi connectivity index (χ3v) is 2.79. The van der Waals surface area contributed by atoms with Crippen LogP contribution < -0.4 is 10.6 Å². The van der Waals surface area contributed by atoms with Gasteiger partial charge in [0.25, 0.3) is 5.91 Å². The predicted octanol–water partition coefficient (Wildman–Crippen LogP) is 0.956. The van der Waals surface area contributed by atoms with Crippen molar-refractivity contribution >= 4 is 28.1 Å². The van der Waals surface area contributed by atoms with Crippen LogP contribution in [0.15, 0.2) is 12.4 Å². The molecule has 8 heteroatoms. The quantitative estimate of drug-likeness (QED) is 0.846. The number of aromatic nitrogens is 4. The number of carbonyl (C=O) groups excluding carboxylic acids is 1. The van der Waals surface area contributed by atoms with Gasteiger partial charge in [0, 0.05) is 19.8 Å². The Kier molecular flexibility index (Phi) is 3.33. The predicted molar refractivity (Wildman–Crippen MR) is 65.2 cm³/mol. The van der Waals surface area contributed by atoms with E-state index in [1.165, 1.54) is 11.3 Å². The number of rotatable bonds is 4. The topological polar surface area (TPSA) is 84.7 Å². The van der Waals surface area contributed by atoms with Gasteiger partial charge in [0.15, 0.2) is 0 Å². The first-order valence-electron chi connectivity index (χ1n) is 5.06. The fourth-order valence-corrected chi connectivity index (χ4v) is 1.91. The normalized spacial score (nSPS) is 10.2. The maximum Gasteiger partial charge on any atom is 0.286 e. The molecule has 90 valence electrons. The van der Waals surface area contributed by atoms with E-state index < -0.39 is 0 Å². The van der Waals surface area contributed by atoms with Crippen LogP contribution in [-0.2, 0) is 7.05 Å². The summed E-state index contributed by atoms with van der Waals surface area (Å²) in [6.07, 6.45) is 3.29. The summed E-state index contributed by atoms with van der Waals surface area (Å²) in [6.45, 7) is 2.70. The molecule has 0 fully saturated rings. The second-order valence-corrected chi connectivity index (χ2v) is 4.28. The number of aryl methyl sites for hydroxylation is 1. The molecule has 0 aliphatic carbocycles. The molecule has 0 saturated carbocycles. The molecule has 2 N–H and O–H groups in total. The summed E-state index contributed by atoms with van der Waals surface area (Å²) >= 11 is 1.22. The van der Waals surface area contributed by atoms with Gasteiger partial charge in [-0.3, -0.25) is 9.48 Å². The van der Waals surface area contributed by atoms with Crippen molar-refractivity contribution in [3.05, 3.63) is 17.4 Å². The number of nitrogens with one attached hydrogen (secondary N) is 2. The summed E-state index contributed by atoms with van der Waals surface area (Å²) in [7, 11) is 1.78. The van der Waals surface area contributed by atoms with Gasteiger partial charge in [0.2, 0.25) is 10.1 Å². The molecule has 0 aliphatic rings. The largest absolute Gasteiger partial charge is 0.360 e. The van der Waals surface area contributed by atoms with Crippen LogP contribution in [0.4, 0.5) is 10.8 Å². The minimum absolute atomic E-state index is 0.278. The van der Waals surface area contributed by atoms with E-state index in [1.54, 1.807) is 24.1 Å². The molecule has 0 saturated heterocycles. The zero-order valence-electron chi connectivity index (χ0n) is 9.47. The number of anilines is 2. The van der Waals surface area contributed by atoms with Crippen molar-refractivity contribution < 1.29 is 4.79 Å². The average molecular weight is 252 g/mol. The Labute approximate surface area is 102 Å². The van der Waals surface area contributed by atoms with E-state index in [0.717, 1.165) is 6.54 Å². The number of amides is 1. The highest BCUT2D eigenvalue weighted by Gasteiger charge is 2.13. The molecule has 2 aromatic rings. The molecule has 17 heavy (non-hydrogen) atoms. The summed E-state index contributed by atoms with van der Waals surface area (Å²) < 4.78 is 1.61. The van der Waals surface area contributed by atoms with Crippen LogP contribution in [-0.4, -0.2) is 32.4 Å². The molecule has 2 rings (SSSR count). The van der Waals surface area contributed by atoms with Gasteiger partial charge in [0.05, 0.1) is 11.9 Å². The first-order chi connectivity index (χ1) is 8.19. The van der Waals surface area contributed by atoms with Crippen molar-refractivity contribution in [3.8, 4) is 0 Å². The summed E-state index contributed by atoms with van der Waals surface area (Å²) in [5.74, 6) is -0.278. The minimum atomic E-state index is -0.278. The molecule has 0 spiro atoms. The highest BCUT2D eigenvalue weighted by atomic mass is 32.1. The van der Waals surface area contributed by atoms with Gasteiger partial charge in [0.1, 0.15) is 0 Å². The maximum atomic E-state index is 11.8. The number of carbonyl (C=O) groups is 1. The van der Waals surface area contributed by atoms with E-state index in [0.29, 0.717) is 15.8 Å². The fraction of sp³-hybridized carbons (Fsp3) is 0.333. The van der Waals surface area contributed by atoms with Gasteiger partial charge in [-0.1, -0.05) is 11.3 Å². The van der Waals surface area contributed by atoms with Crippen molar-refractivity contribution in [3.63, 3.8) is 0 Å². The van der Waals surface area contributed by atoms with Gasteiger partial charge in [-0.15, -0.1) is 10.2 Å². The minimum Gasteiger partial charge on any atom is -0.360 e. The third-order valence-electron chi connectivity index (χ3n) is 1.91. The van der Waals surface area contributed by atoms with Crippen molar-refractivity contribution in [1.29, 1.82) is 0 Å². The second kappa shape index (κ2) is 4.91. The molecule has 2 aromatic heterocycles. The summed E-state index contributed by atoms with van der Waals surface area (Å²) in [5, 5.41) is 18.3. The zero-order valence-corrected chi connectivity index (χ0v) is 10.3. The summed E-state index contributed by atoms with van der Waals surface area (Å²) in [5.41, 5.74) is 0.637. The lowest BCUT2D eigenvalue weighted by molar-refractivity contribution is 0.102. The Bertz CT molecular complexity index is 519. The van der Waals surface area contributed by atoms with Crippen LogP contribution in [0.2, 0.25) is 0 Å². The Balaban J connectivity index is 2.03. The standard InChI is InChI=1S/C9H12N6OS/c1-3-10-9-14-13-8(17-9)7(16)12-6-4-11-15(2)5-6/h4-5H,3H2,1-2H3,(H,10,14)(H,12,16). The van der Waals surface area contributed by atoms with E-state index in [1.807, 2.05) is 6.92 Å². The highest BCUT2D eigenvalue weighted by Crippen LogP contribution is 2.16. The van der Waals surface area contributed by atoms with E-state index in [2.05, 4.69) is 25.9 Å². The van der Waals surface area contributed by atoms with Crippen molar-refractivity contribution in [2.45, 2.75) is 6.92 Å². The maximum absolute atomic E-state index is 11.8. The van der Waals surface area contributed by atoms with Gasteiger partial charge >= 0.3 is 0 Å². The van der Waals surface area contributed by atoms with Gasteiger partial charge in [-0.2, -0.15) is 5.10 Å². The van der Waals surface area contributed by atoms with E-state index in [9.17, 15) is 4.79 Å². The zero-order chi connectivity index (χ0) is 12.3. The lowest BCUT2D eigenvalue weighted by atomic mass is 10.5. The highest BCUT2D eigenvalue weighted by molar-refractivity contribution is 7.17. The SMILES string of the molecule is CCNc1nnc(C(=O)Nc2cnn(C)c2)s1. The average Bonchev–Trinajstić information content (AvgIpc) is 2.88. The summed E-state index contributed by atoms with van der Waals surface area (Å²) in [6, 6.07) is 0. The molecule has 0 radical (unpaired) electrons. The molecular formula is C9H12N6OS. The summed E-state index contributed by atoms with van der Waals surface area (Å²) in [4.78, 5) is 11.8. The Morgan fingerprint density at radius 1 is 1.53 bits per heavy atom. The molecule has 2 heterocycles. The first-order valence-corrected chi connectivity index (χ1v) is 5.88. The van der Waals surface area contributed by atoms with Gasteiger partial charge in [-0.05, 0) is 6.92 Å². The monoisotopic (exact) mass is 252 g/mol.